The van der Waals surface area contributed by atoms with E-state index in [0.717, 1.165) is 0 Å². The summed E-state index contributed by atoms with van der Waals surface area (Å²) in [5, 5.41) is 8.04. The van der Waals surface area contributed by atoms with Gasteiger partial charge in [0, 0.05) is 0 Å². The van der Waals surface area contributed by atoms with Gasteiger partial charge in [-0.15, -0.1) is 0 Å². The average molecular weight is 380 g/mol. The highest BCUT2D eigenvalue weighted by atomic mass is 31.2. The van der Waals surface area contributed by atoms with Crippen LogP contribution < -0.4 is 11.3 Å². The zero-order valence-electron chi connectivity index (χ0n) is 23.0. The van der Waals surface area contributed by atoms with Gasteiger partial charge in [0.15, 0.2) is 21.6 Å². The maximum absolute atomic E-state index is 12.5. The van der Waals surface area contributed by atoms with E-state index in [0.29, 0.717) is 0 Å². The van der Waals surface area contributed by atoms with Crippen molar-refractivity contribution in [3.63, 3.8) is 0 Å². The van der Waals surface area contributed by atoms with Crippen LogP contribution in [0.1, 0.15) is 15.8 Å². The number of fused-ring (bicyclic) bond motifs is 1. The number of imidazole rings is 1. The number of nitrogens with two attached hydrogens (primary N) is 1. The minimum Gasteiger partial charge on any atom is -0.387 e. The summed E-state index contributed by atoms with van der Waals surface area (Å²) in [7, 11) is -5.85. The third-order valence-corrected chi connectivity index (χ3v) is 2.89. The minimum atomic E-state index is -5.85. The van der Waals surface area contributed by atoms with Crippen LogP contribution in [0.15, 0.2) is 11.1 Å². The summed E-state index contributed by atoms with van der Waals surface area (Å²) in [6, 6.07) is 0. The predicted molar refractivity (Wildman–Crippen MR) is 76.5 cm³/mol. The number of hydrogen-bond acceptors (Lipinski definition) is 9. The fourth-order valence-corrected chi connectivity index (χ4v) is 1.86. The van der Waals surface area contributed by atoms with Crippen molar-refractivity contribution in [1.82, 2.24) is 19.5 Å². The number of ether oxygens (including phenoxy) is 1. The minimum absolute atomic E-state index is 0.0373. The van der Waals surface area contributed by atoms with E-state index in [9.17, 15) is 9.36 Å². The predicted octanol–water partition coefficient (Wildman–Crippen LogP) is -2.57. The number of phosphoric acid groups is 1. The molecule has 14 heteroatoms. The van der Waals surface area contributed by atoms with Crippen LogP contribution in [0, 0.1) is 0 Å². The first-order valence-electron chi connectivity index (χ1n) is 11.4. The molecule has 0 radical (unpaired) electrons. The van der Waals surface area contributed by atoms with Gasteiger partial charge in [-0.2, -0.15) is 4.98 Å². The molecule has 1 aliphatic rings. The molecule has 0 spiro atoms. The van der Waals surface area contributed by atoms with E-state index in [2.05, 4.69) is 24.7 Å². The lowest BCUT2D eigenvalue weighted by Crippen LogP contribution is -2.33. The van der Waals surface area contributed by atoms with E-state index in [1.165, 1.54) is 0 Å². The van der Waals surface area contributed by atoms with Crippen molar-refractivity contribution in [2.45, 2.75) is 24.4 Å². The summed E-state index contributed by atoms with van der Waals surface area (Å²) in [5.41, 5.74) is -3.73. The number of H-pyrrole nitrogens is 1. The van der Waals surface area contributed by atoms with Crippen LogP contribution in [-0.2, 0) is 13.8 Å². The maximum atomic E-state index is 12.5. The summed E-state index contributed by atoms with van der Waals surface area (Å²) in [5.74, 6) is -1.08. The molecule has 0 bridgehead atoms. The first kappa shape index (κ1) is 7.58. The number of aromatic amines is 1. The van der Waals surface area contributed by atoms with Gasteiger partial charge < -0.3 is 30.5 Å². The summed E-state index contributed by atoms with van der Waals surface area (Å²) in [4.78, 5) is 37.4. The highest BCUT2D eigenvalue weighted by Crippen LogP contribution is 2.38. The number of aromatic nitrogens is 4. The van der Waals surface area contributed by atoms with Gasteiger partial charge in [0.2, 0.25) is 8.81 Å². The van der Waals surface area contributed by atoms with Gasteiger partial charge in [-0.1, -0.05) is 0 Å². The third kappa shape index (κ3) is 3.06. The van der Waals surface area contributed by atoms with E-state index < -0.39 is 67.8 Å². The molecule has 0 aromatic carbocycles. The first-order valence-corrected chi connectivity index (χ1v) is 7.26. The Balaban J connectivity index is 2.45. The fourth-order valence-electron chi connectivity index (χ4n) is 1.66. The van der Waals surface area contributed by atoms with Crippen molar-refractivity contribution < 1.29 is 47.7 Å². The van der Waals surface area contributed by atoms with Gasteiger partial charge in [-0.05, 0) is 0 Å². The van der Waals surface area contributed by atoms with Crippen molar-refractivity contribution in [2.24, 2.45) is 0 Å². The van der Waals surface area contributed by atoms with Crippen molar-refractivity contribution in [1.29, 1.82) is 2.86 Å². The lowest BCUT2D eigenvalue weighted by atomic mass is 10.1. The van der Waals surface area contributed by atoms with Crippen LogP contribution in [0.4, 0.5) is 5.95 Å². The molecule has 2 aromatic heterocycles. The molecule has 1 aliphatic heterocycles. The van der Waals surface area contributed by atoms with Gasteiger partial charge in [0.1, 0.15) is 19.6 Å². The van der Waals surface area contributed by atoms with Crippen LogP contribution in [0.3, 0.4) is 0 Å². The maximum Gasteiger partial charge on any atom is 0.469 e. The van der Waals surface area contributed by atoms with E-state index in [1.807, 2.05) is 0 Å². The Kier molecular flexibility index (Phi) is 1.86. The Bertz CT molecular complexity index is 1320. The molecule has 0 amide bonds. The summed E-state index contributed by atoms with van der Waals surface area (Å²) < 4.78 is 114. The Morgan fingerprint density at radius 2 is 2.50 bits per heavy atom. The summed E-state index contributed by atoms with van der Waals surface area (Å²) in [6.07, 6.45) is -17.2. The van der Waals surface area contributed by atoms with E-state index in [1.54, 1.807) is 0 Å². The molecular weight excluding hydrogens is 354 g/mol. The van der Waals surface area contributed by atoms with Gasteiger partial charge in [-0.25, -0.2) is 9.55 Å². The molecule has 0 saturated carbocycles. The molecule has 13 nitrogen and oxygen atoms in total. The largest absolute Gasteiger partial charge is 0.469 e. The molecule has 24 heavy (non-hydrogen) atoms. The van der Waals surface area contributed by atoms with Crippen LogP contribution in [0.2, 0.25) is 4.24 Å². The zero-order chi connectivity index (χ0) is 27.9. The van der Waals surface area contributed by atoms with Crippen molar-refractivity contribution >= 4 is 24.9 Å². The molecule has 3 rings (SSSR count). The summed E-state index contributed by atoms with van der Waals surface area (Å²) >= 11 is 0. The molecular formula is C10H14N5O8P. The van der Waals surface area contributed by atoms with Crippen LogP contribution in [0.5, 0.6) is 0 Å². The van der Waals surface area contributed by atoms with Crippen molar-refractivity contribution in [3.8, 4) is 0 Å². The number of aliphatic hydroxyl groups is 2. The Labute approximate surface area is 150 Å². The quantitative estimate of drug-likeness (QED) is 0.217. The molecule has 3 heterocycles. The number of rotatable bonds is 7. The normalized spacial score (nSPS) is 47.6. The van der Waals surface area contributed by atoms with Gasteiger partial charge >= 0.3 is 7.82 Å². The molecule has 7 N–H and O–H groups in total. The number of nitrogen functional groups attached to an aromatic ring is 1. The number of nitrogens with one attached hydrogen (secondary N) is 1. The molecule has 1 unspecified atom stereocenters. The van der Waals surface area contributed by atoms with Gasteiger partial charge in [0.25, 0.3) is 5.56 Å². The molecule has 1 saturated heterocycles. The number of nitrogens with zero attached hydrogens (tertiary/aromatic N) is 3. The first-order chi connectivity index (χ1) is 16.2. The Morgan fingerprint density at radius 3 is 3.17 bits per heavy atom. The second-order valence-electron chi connectivity index (χ2n) is 4.13. The lowest BCUT2D eigenvalue weighted by Gasteiger charge is -2.16. The molecule has 132 valence electrons. The molecule has 0 aliphatic carbocycles. The number of phosphoric ester groups is 1. The SMILES string of the molecule is [2H]OC1([2H])[C@]([2H])([15n]2c([2H])[15n]c3c(=O)[15n]([2H])c([15N]([2H])[2H])[15n]c32)O[C@]([2H])(C([2H])([2H])OP(=O)(O)O)[C@@]1([2H])O[2H]. The van der Waals surface area contributed by atoms with Gasteiger partial charge in [0.05, 0.1) is 21.1 Å². The molecule has 4 atom stereocenters. The van der Waals surface area contributed by atoms with Crippen molar-refractivity contribution in [2.75, 3.05) is 12.3 Å². The Hall–Kier alpha value is -1.86. The average Bonchev–Trinajstić information content (AvgIpc) is 3.14. The van der Waals surface area contributed by atoms with E-state index in [-0.39, 0.29) is 15.3 Å². The standard InChI is InChI=1S/C10H14N5O8P/c11-10-13-7-4(8(18)14-10)12-2-15(7)9-6(17)5(16)3(23-9)1-22-24(19,20)21/h2-3,5-6,9,16-17H,1H2,(H2,19,20,21)(H3,11,13,14,18)/t3-,5-,6?,9-/m1/s1/i1D2,2D,3D,5D,6D,9D,11+1,12+1,13+1,14+1,15+1,16D,17D/hD3. The molecule has 2 aromatic rings. The monoisotopic (exact) mass is 380 g/mol. The van der Waals surface area contributed by atoms with Crippen LogP contribution >= 0.6 is 7.82 Å². The topological polar surface area (TPSA) is 206 Å². The lowest BCUT2D eigenvalue weighted by molar-refractivity contribution is -0.0503. The van der Waals surface area contributed by atoms with Gasteiger partial charge in [-0.3, -0.25) is 18.9 Å². The number of anilines is 1. The summed E-state index contributed by atoms with van der Waals surface area (Å²) in [6.45, 7) is -4.20. The smallest absolute Gasteiger partial charge is 0.387 e. The number of hydrogen-bond donors (Lipinski definition) is 6. The van der Waals surface area contributed by atoms with Crippen LogP contribution in [0.25, 0.3) is 11.2 Å². The van der Waals surface area contributed by atoms with E-state index in [4.69, 9.17) is 31.2 Å². The highest BCUT2D eigenvalue weighted by molar-refractivity contribution is 7.46. The van der Waals surface area contributed by atoms with E-state index >= 15 is 0 Å². The third-order valence-electron chi connectivity index (χ3n) is 2.56. The second-order valence-corrected chi connectivity index (χ2v) is 5.29. The fraction of sp³-hybridized carbons (Fsp3) is 0.500. The second kappa shape index (κ2) is 5.89. The van der Waals surface area contributed by atoms with Crippen LogP contribution in [-0.4, -0.2) is 67.2 Å². The van der Waals surface area contributed by atoms with Crippen molar-refractivity contribution in [3.05, 3.63) is 16.7 Å². The molecule has 1 fully saturated rings. The Morgan fingerprint density at radius 1 is 1.71 bits per heavy atom. The zero-order valence-corrected chi connectivity index (χ0v) is 11.9. The highest BCUT2D eigenvalue weighted by Gasteiger charge is 2.45.